The minimum atomic E-state index is -0.319. The second kappa shape index (κ2) is 9.44. The van der Waals surface area contributed by atoms with Crippen LogP contribution >= 0.6 is 0 Å². The highest BCUT2D eigenvalue weighted by Crippen LogP contribution is 2.20. The minimum absolute atomic E-state index is 0.0881. The number of hydrogen-bond donors (Lipinski definition) is 2. The first kappa shape index (κ1) is 18.5. The molecule has 0 fully saturated rings. The predicted octanol–water partition coefficient (Wildman–Crippen LogP) is 2.36. The lowest BCUT2D eigenvalue weighted by atomic mass is 10.2. The third-order valence-corrected chi connectivity index (χ3v) is 3.33. The van der Waals surface area contributed by atoms with Crippen LogP contribution < -0.4 is 15.4 Å². The molecule has 6 heteroatoms. The van der Waals surface area contributed by atoms with Gasteiger partial charge in [0.15, 0.2) is 0 Å². The van der Waals surface area contributed by atoms with Crippen LogP contribution in [0.1, 0.15) is 17.3 Å². The fourth-order valence-electron chi connectivity index (χ4n) is 2.18. The first-order chi connectivity index (χ1) is 12.1. The van der Waals surface area contributed by atoms with E-state index in [4.69, 9.17) is 9.47 Å². The van der Waals surface area contributed by atoms with Crippen molar-refractivity contribution in [1.29, 1.82) is 0 Å². The lowest BCUT2D eigenvalue weighted by molar-refractivity contribution is -0.121. The van der Waals surface area contributed by atoms with Gasteiger partial charge in [0.2, 0.25) is 5.91 Å². The highest BCUT2D eigenvalue weighted by atomic mass is 16.5. The van der Waals surface area contributed by atoms with Crippen LogP contribution in [-0.2, 0) is 9.53 Å². The number of carbonyl (C=O) groups is 2. The molecular formula is C19H22N2O4. The van der Waals surface area contributed by atoms with E-state index in [1.54, 1.807) is 31.4 Å². The summed E-state index contributed by atoms with van der Waals surface area (Å²) >= 11 is 0. The molecule has 0 saturated carbocycles. The smallest absolute Gasteiger partial charge is 0.251 e. The number of methoxy groups -OCH3 is 1. The van der Waals surface area contributed by atoms with Crippen molar-refractivity contribution in [2.75, 3.05) is 20.3 Å². The average molecular weight is 342 g/mol. The van der Waals surface area contributed by atoms with Gasteiger partial charge in [0.1, 0.15) is 11.5 Å². The topological polar surface area (TPSA) is 76.7 Å². The molecule has 132 valence electrons. The Kier molecular flexibility index (Phi) is 6.98. The van der Waals surface area contributed by atoms with Crippen molar-refractivity contribution < 1.29 is 19.1 Å². The molecule has 0 aromatic heterocycles. The van der Waals surface area contributed by atoms with E-state index in [-0.39, 0.29) is 24.4 Å². The lowest BCUT2D eigenvalue weighted by Gasteiger charge is -2.13. The van der Waals surface area contributed by atoms with Gasteiger partial charge in [0.25, 0.3) is 5.91 Å². The Bertz CT molecular complexity index is 686. The monoisotopic (exact) mass is 342 g/mol. The summed E-state index contributed by atoms with van der Waals surface area (Å²) in [5, 5.41) is 5.31. The SMILES string of the molecule is COCC(C)NC(=O)CNC(=O)c1ccc(Oc2ccccc2)cc1. The Morgan fingerprint density at radius 2 is 1.64 bits per heavy atom. The van der Waals surface area contributed by atoms with Gasteiger partial charge in [-0.05, 0) is 43.3 Å². The average Bonchev–Trinajstić information content (AvgIpc) is 2.61. The number of nitrogens with one attached hydrogen (secondary N) is 2. The highest BCUT2D eigenvalue weighted by Gasteiger charge is 2.10. The summed E-state index contributed by atoms with van der Waals surface area (Å²) in [5.74, 6) is 0.776. The van der Waals surface area contributed by atoms with Crippen molar-refractivity contribution in [3.8, 4) is 11.5 Å². The summed E-state index contributed by atoms with van der Waals surface area (Å²) < 4.78 is 10.6. The third-order valence-electron chi connectivity index (χ3n) is 3.33. The molecule has 1 atom stereocenters. The fourth-order valence-corrected chi connectivity index (χ4v) is 2.18. The van der Waals surface area contributed by atoms with Gasteiger partial charge in [0, 0.05) is 18.7 Å². The molecular weight excluding hydrogens is 320 g/mol. The van der Waals surface area contributed by atoms with E-state index in [0.29, 0.717) is 17.9 Å². The van der Waals surface area contributed by atoms with Crippen LogP contribution in [0, 0.1) is 0 Å². The van der Waals surface area contributed by atoms with E-state index in [1.165, 1.54) is 0 Å². The van der Waals surface area contributed by atoms with E-state index < -0.39 is 0 Å². The largest absolute Gasteiger partial charge is 0.457 e. The Labute approximate surface area is 147 Å². The number of ether oxygens (including phenoxy) is 2. The van der Waals surface area contributed by atoms with Crippen molar-refractivity contribution in [3.63, 3.8) is 0 Å². The van der Waals surface area contributed by atoms with Crippen molar-refractivity contribution in [2.45, 2.75) is 13.0 Å². The van der Waals surface area contributed by atoms with Crippen molar-refractivity contribution in [1.82, 2.24) is 10.6 Å². The van der Waals surface area contributed by atoms with Gasteiger partial charge < -0.3 is 20.1 Å². The highest BCUT2D eigenvalue weighted by molar-refractivity contribution is 5.96. The zero-order chi connectivity index (χ0) is 18.1. The van der Waals surface area contributed by atoms with Gasteiger partial charge in [-0.25, -0.2) is 0 Å². The molecule has 1 unspecified atom stereocenters. The first-order valence-electron chi connectivity index (χ1n) is 7.98. The molecule has 0 aliphatic rings. The molecule has 0 radical (unpaired) electrons. The van der Waals surface area contributed by atoms with Crippen molar-refractivity contribution >= 4 is 11.8 Å². The maximum absolute atomic E-state index is 12.1. The molecule has 25 heavy (non-hydrogen) atoms. The molecule has 0 aliphatic heterocycles. The van der Waals surface area contributed by atoms with Gasteiger partial charge in [-0.3, -0.25) is 9.59 Å². The van der Waals surface area contributed by atoms with Crippen LogP contribution in [0.5, 0.6) is 11.5 Å². The summed E-state index contributed by atoms with van der Waals surface area (Å²) in [6.45, 7) is 2.16. The van der Waals surface area contributed by atoms with E-state index in [9.17, 15) is 9.59 Å². The van der Waals surface area contributed by atoms with E-state index in [2.05, 4.69) is 10.6 Å². The molecule has 6 nitrogen and oxygen atoms in total. The van der Waals surface area contributed by atoms with Crippen LogP contribution in [0.2, 0.25) is 0 Å². The molecule has 0 aliphatic carbocycles. The van der Waals surface area contributed by atoms with Gasteiger partial charge >= 0.3 is 0 Å². The quantitative estimate of drug-likeness (QED) is 0.772. The second-order valence-corrected chi connectivity index (χ2v) is 5.55. The second-order valence-electron chi connectivity index (χ2n) is 5.55. The van der Waals surface area contributed by atoms with Gasteiger partial charge in [-0.1, -0.05) is 18.2 Å². The van der Waals surface area contributed by atoms with E-state index >= 15 is 0 Å². The molecule has 0 heterocycles. The van der Waals surface area contributed by atoms with Gasteiger partial charge in [-0.2, -0.15) is 0 Å². The van der Waals surface area contributed by atoms with E-state index in [1.807, 2.05) is 37.3 Å². The van der Waals surface area contributed by atoms with Crippen LogP contribution in [0.3, 0.4) is 0 Å². The summed E-state index contributed by atoms with van der Waals surface area (Å²) in [6.07, 6.45) is 0. The molecule has 2 amide bonds. The number of para-hydroxylation sites is 1. The predicted molar refractivity (Wildman–Crippen MR) is 94.8 cm³/mol. The maximum atomic E-state index is 12.1. The number of hydrogen-bond acceptors (Lipinski definition) is 4. The molecule has 2 aromatic carbocycles. The van der Waals surface area contributed by atoms with Crippen LogP contribution in [0.25, 0.3) is 0 Å². The molecule has 2 aromatic rings. The minimum Gasteiger partial charge on any atom is -0.457 e. The van der Waals surface area contributed by atoms with Gasteiger partial charge in [0.05, 0.1) is 13.2 Å². The lowest BCUT2D eigenvalue weighted by Crippen LogP contribution is -2.42. The van der Waals surface area contributed by atoms with Crippen molar-refractivity contribution in [2.24, 2.45) is 0 Å². The molecule has 0 saturated heterocycles. The molecule has 2 N–H and O–H groups in total. The number of amides is 2. The molecule has 0 spiro atoms. The third kappa shape index (κ3) is 6.27. The number of benzene rings is 2. The van der Waals surface area contributed by atoms with Gasteiger partial charge in [-0.15, -0.1) is 0 Å². The van der Waals surface area contributed by atoms with Crippen LogP contribution in [-0.4, -0.2) is 38.1 Å². The summed E-state index contributed by atoms with van der Waals surface area (Å²) in [7, 11) is 1.57. The van der Waals surface area contributed by atoms with Crippen molar-refractivity contribution in [3.05, 3.63) is 60.2 Å². The zero-order valence-electron chi connectivity index (χ0n) is 14.3. The fraction of sp³-hybridized carbons (Fsp3) is 0.263. The molecule has 0 bridgehead atoms. The van der Waals surface area contributed by atoms with Crippen LogP contribution in [0.4, 0.5) is 0 Å². The zero-order valence-corrected chi connectivity index (χ0v) is 14.3. The summed E-state index contributed by atoms with van der Waals surface area (Å²) in [5.41, 5.74) is 0.457. The standard InChI is InChI=1S/C19H22N2O4/c1-14(13-24-2)21-18(22)12-20-19(23)15-8-10-17(11-9-15)25-16-6-4-3-5-7-16/h3-11,14H,12-13H2,1-2H3,(H,20,23)(H,21,22). The maximum Gasteiger partial charge on any atom is 0.251 e. The Balaban J connectivity index is 1.83. The Morgan fingerprint density at radius 3 is 2.28 bits per heavy atom. The summed E-state index contributed by atoms with van der Waals surface area (Å²) in [6, 6.07) is 16.0. The molecule has 2 rings (SSSR count). The van der Waals surface area contributed by atoms with Crippen LogP contribution in [0.15, 0.2) is 54.6 Å². The summed E-state index contributed by atoms with van der Waals surface area (Å²) in [4.78, 5) is 23.8. The normalized spacial score (nSPS) is 11.4. The number of rotatable bonds is 8. The Hall–Kier alpha value is -2.86. The first-order valence-corrected chi connectivity index (χ1v) is 7.98. The Morgan fingerprint density at radius 1 is 1.00 bits per heavy atom. The van der Waals surface area contributed by atoms with E-state index in [0.717, 1.165) is 5.75 Å². The number of carbonyl (C=O) groups excluding carboxylic acids is 2.